The van der Waals surface area contributed by atoms with Crippen LogP contribution in [0.5, 0.6) is 5.75 Å². The molecule has 1 unspecified atom stereocenters. The molecule has 0 aliphatic carbocycles. The topological polar surface area (TPSA) is 55.2 Å². The Balaban J connectivity index is 1.69. The van der Waals surface area contributed by atoms with Crippen molar-refractivity contribution in [2.24, 2.45) is 0 Å². The number of ether oxygens (including phenoxy) is 1. The lowest BCUT2D eigenvalue weighted by atomic mass is 10.1. The van der Waals surface area contributed by atoms with E-state index in [0.29, 0.717) is 12.2 Å². The quantitative estimate of drug-likeness (QED) is 0.432. The van der Waals surface area contributed by atoms with E-state index in [1.165, 1.54) is 44.9 Å². The number of rotatable bonds is 13. The van der Waals surface area contributed by atoms with Crippen LogP contribution in [0.15, 0.2) is 36.7 Å². The molecule has 2 rings (SSSR count). The zero-order valence-corrected chi connectivity index (χ0v) is 16.9. The van der Waals surface area contributed by atoms with E-state index in [2.05, 4.69) is 16.9 Å². The van der Waals surface area contributed by atoms with Crippen molar-refractivity contribution in [1.82, 2.24) is 9.97 Å². The van der Waals surface area contributed by atoms with Crippen LogP contribution in [0.1, 0.15) is 83.3 Å². The smallest absolute Gasteiger partial charge is 0.159 e. The fourth-order valence-electron chi connectivity index (χ4n) is 3.06. The molecule has 0 spiro atoms. The van der Waals surface area contributed by atoms with Crippen molar-refractivity contribution in [3.8, 4) is 17.1 Å². The highest BCUT2D eigenvalue weighted by Crippen LogP contribution is 2.21. The van der Waals surface area contributed by atoms with Crippen LogP contribution in [-0.2, 0) is 0 Å². The van der Waals surface area contributed by atoms with E-state index in [0.717, 1.165) is 29.9 Å². The van der Waals surface area contributed by atoms with Crippen molar-refractivity contribution in [3.05, 3.63) is 42.2 Å². The maximum atomic E-state index is 9.86. The second-order valence-electron chi connectivity index (χ2n) is 7.11. The Kier molecular flexibility index (Phi) is 9.85. The lowest BCUT2D eigenvalue weighted by molar-refractivity contribution is 0.173. The van der Waals surface area contributed by atoms with Gasteiger partial charge in [-0.2, -0.15) is 0 Å². The van der Waals surface area contributed by atoms with Crippen LogP contribution < -0.4 is 4.74 Å². The first-order valence-corrected chi connectivity index (χ1v) is 10.5. The minimum Gasteiger partial charge on any atom is -0.490 e. The average Bonchev–Trinajstić information content (AvgIpc) is 2.72. The van der Waals surface area contributed by atoms with Gasteiger partial charge in [-0.15, -0.1) is 0 Å². The summed E-state index contributed by atoms with van der Waals surface area (Å²) < 4.78 is 5.75. The van der Waals surface area contributed by atoms with Gasteiger partial charge in [0, 0.05) is 5.56 Å². The number of aliphatic hydroxyl groups is 1. The van der Waals surface area contributed by atoms with Crippen molar-refractivity contribution in [2.75, 3.05) is 6.61 Å². The number of hydrogen-bond acceptors (Lipinski definition) is 4. The van der Waals surface area contributed by atoms with E-state index < -0.39 is 6.10 Å². The molecular weight excluding hydrogens is 336 g/mol. The molecule has 1 atom stereocenters. The molecule has 0 amide bonds. The van der Waals surface area contributed by atoms with Gasteiger partial charge in [-0.1, -0.05) is 83.1 Å². The Bertz CT molecular complexity index is 626. The third-order valence-corrected chi connectivity index (χ3v) is 4.84. The number of hydrogen-bond donors (Lipinski definition) is 1. The standard InChI is InChI=1S/C23H34N2O2/c1-3-5-6-7-8-9-10-11-16-27-21-17-24-23(25-18-21)20-14-12-19(13-15-20)22(26)4-2/h12-15,17-18,22,26H,3-11,16H2,1-2H3. The Labute approximate surface area is 164 Å². The van der Waals surface area contributed by atoms with E-state index in [4.69, 9.17) is 4.74 Å². The summed E-state index contributed by atoms with van der Waals surface area (Å²) >= 11 is 0. The van der Waals surface area contributed by atoms with Gasteiger partial charge in [-0.3, -0.25) is 0 Å². The summed E-state index contributed by atoms with van der Waals surface area (Å²) in [6, 6.07) is 7.76. The van der Waals surface area contributed by atoms with Gasteiger partial charge in [0.05, 0.1) is 25.1 Å². The van der Waals surface area contributed by atoms with Gasteiger partial charge >= 0.3 is 0 Å². The van der Waals surface area contributed by atoms with Gasteiger partial charge < -0.3 is 9.84 Å². The van der Waals surface area contributed by atoms with Crippen LogP contribution in [0.2, 0.25) is 0 Å². The van der Waals surface area contributed by atoms with Crippen LogP contribution in [-0.4, -0.2) is 21.7 Å². The summed E-state index contributed by atoms with van der Waals surface area (Å²) in [5, 5.41) is 9.86. The van der Waals surface area contributed by atoms with Gasteiger partial charge in [0.1, 0.15) is 0 Å². The molecule has 4 nitrogen and oxygen atoms in total. The van der Waals surface area contributed by atoms with Crippen molar-refractivity contribution < 1.29 is 9.84 Å². The second kappa shape index (κ2) is 12.4. The first-order chi connectivity index (χ1) is 13.2. The Hall–Kier alpha value is -1.94. The lowest BCUT2D eigenvalue weighted by Crippen LogP contribution is -1.99. The third kappa shape index (κ3) is 7.67. The van der Waals surface area contributed by atoms with E-state index in [1.54, 1.807) is 12.4 Å². The van der Waals surface area contributed by atoms with E-state index in [9.17, 15) is 5.11 Å². The van der Waals surface area contributed by atoms with Crippen LogP contribution in [0.25, 0.3) is 11.4 Å². The highest BCUT2D eigenvalue weighted by atomic mass is 16.5. The zero-order chi connectivity index (χ0) is 19.3. The Morgan fingerprint density at radius 3 is 2.04 bits per heavy atom. The second-order valence-corrected chi connectivity index (χ2v) is 7.11. The number of nitrogens with zero attached hydrogens (tertiary/aromatic N) is 2. The van der Waals surface area contributed by atoms with Gasteiger partial charge in [0.25, 0.3) is 0 Å². The molecule has 2 aromatic rings. The number of unbranched alkanes of at least 4 members (excludes halogenated alkanes) is 7. The highest BCUT2D eigenvalue weighted by Gasteiger charge is 2.06. The molecule has 0 aliphatic heterocycles. The predicted molar refractivity (Wildman–Crippen MR) is 111 cm³/mol. The predicted octanol–water partition coefficient (Wildman–Crippen LogP) is 6.11. The summed E-state index contributed by atoms with van der Waals surface area (Å²) in [5.74, 6) is 1.40. The van der Waals surface area contributed by atoms with Gasteiger partial charge in [-0.05, 0) is 18.4 Å². The molecular formula is C23H34N2O2. The SMILES string of the molecule is CCCCCCCCCCOc1cnc(-c2ccc(C(O)CC)cc2)nc1. The molecule has 0 aliphatic rings. The minimum absolute atomic E-state index is 0.410. The number of benzene rings is 1. The van der Waals surface area contributed by atoms with Crippen molar-refractivity contribution >= 4 is 0 Å². The maximum absolute atomic E-state index is 9.86. The monoisotopic (exact) mass is 370 g/mol. The largest absolute Gasteiger partial charge is 0.490 e. The third-order valence-electron chi connectivity index (χ3n) is 4.84. The van der Waals surface area contributed by atoms with E-state index in [1.807, 2.05) is 31.2 Å². The summed E-state index contributed by atoms with van der Waals surface area (Å²) in [7, 11) is 0. The molecule has 0 saturated carbocycles. The molecule has 148 valence electrons. The van der Waals surface area contributed by atoms with E-state index in [-0.39, 0.29) is 0 Å². The molecule has 1 aromatic carbocycles. The summed E-state index contributed by atoms with van der Waals surface area (Å²) in [6.07, 6.45) is 14.1. The average molecular weight is 371 g/mol. The van der Waals surface area contributed by atoms with Crippen molar-refractivity contribution in [3.63, 3.8) is 0 Å². The van der Waals surface area contributed by atoms with E-state index >= 15 is 0 Å². The molecule has 0 fully saturated rings. The van der Waals surface area contributed by atoms with Gasteiger partial charge in [0.2, 0.25) is 0 Å². The summed E-state index contributed by atoms with van der Waals surface area (Å²) in [4.78, 5) is 8.80. The highest BCUT2D eigenvalue weighted by molar-refractivity contribution is 5.55. The molecule has 1 N–H and O–H groups in total. The first-order valence-electron chi connectivity index (χ1n) is 10.5. The van der Waals surface area contributed by atoms with Crippen LogP contribution >= 0.6 is 0 Å². The molecule has 4 heteroatoms. The number of aliphatic hydroxyl groups excluding tert-OH is 1. The molecule has 1 aromatic heterocycles. The van der Waals surface area contributed by atoms with Crippen LogP contribution in [0.3, 0.4) is 0 Å². The van der Waals surface area contributed by atoms with Crippen LogP contribution in [0.4, 0.5) is 0 Å². The molecule has 27 heavy (non-hydrogen) atoms. The van der Waals surface area contributed by atoms with Gasteiger partial charge in [0.15, 0.2) is 11.6 Å². The normalized spacial score (nSPS) is 12.1. The number of aromatic nitrogens is 2. The maximum Gasteiger partial charge on any atom is 0.159 e. The summed E-state index contributed by atoms with van der Waals surface area (Å²) in [5.41, 5.74) is 1.86. The van der Waals surface area contributed by atoms with Gasteiger partial charge in [-0.25, -0.2) is 9.97 Å². The first kappa shape index (κ1) is 21.4. The molecule has 1 heterocycles. The molecule has 0 saturated heterocycles. The lowest BCUT2D eigenvalue weighted by Gasteiger charge is -2.09. The van der Waals surface area contributed by atoms with Crippen molar-refractivity contribution in [2.45, 2.75) is 77.7 Å². The Morgan fingerprint density at radius 2 is 1.44 bits per heavy atom. The zero-order valence-electron chi connectivity index (χ0n) is 16.9. The van der Waals surface area contributed by atoms with Crippen LogP contribution in [0, 0.1) is 0 Å². The molecule has 0 radical (unpaired) electrons. The minimum atomic E-state index is -0.410. The fourth-order valence-corrected chi connectivity index (χ4v) is 3.06. The fraction of sp³-hybridized carbons (Fsp3) is 0.565. The van der Waals surface area contributed by atoms with Crippen molar-refractivity contribution in [1.29, 1.82) is 0 Å². The Morgan fingerprint density at radius 1 is 0.852 bits per heavy atom. The molecule has 0 bridgehead atoms. The summed E-state index contributed by atoms with van der Waals surface area (Å²) in [6.45, 7) is 4.94.